The van der Waals surface area contributed by atoms with Crippen molar-refractivity contribution < 1.29 is 9.13 Å². The Morgan fingerprint density at radius 2 is 2.00 bits per heavy atom. The van der Waals surface area contributed by atoms with Gasteiger partial charge in [0.2, 0.25) is 5.95 Å². The molecule has 0 spiro atoms. The van der Waals surface area contributed by atoms with Crippen molar-refractivity contribution in [1.82, 2.24) is 4.98 Å². The van der Waals surface area contributed by atoms with Crippen LogP contribution in [0.2, 0.25) is 0 Å². The highest BCUT2D eigenvalue weighted by molar-refractivity contribution is 7.99. The summed E-state index contributed by atoms with van der Waals surface area (Å²) in [5.74, 6) is 0.326. The van der Waals surface area contributed by atoms with Crippen LogP contribution in [-0.2, 0) is 0 Å². The van der Waals surface area contributed by atoms with E-state index in [0.29, 0.717) is 0 Å². The van der Waals surface area contributed by atoms with Gasteiger partial charge in [0.25, 0.3) is 0 Å². The van der Waals surface area contributed by atoms with Crippen molar-refractivity contribution in [2.24, 2.45) is 0 Å². The van der Waals surface area contributed by atoms with E-state index < -0.39 is 5.95 Å². The average molecular weight is 235 g/mol. The first-order chi connectivity index (χ1) is 7.78. The number of hydrogen-bond acceptors (Lipinski definition) is 3. The summed E-state index contributed by atoms with van der Waals surface area (Å²) in [5.41, 5.74) is 0. The maximum Gasteiger partial charge on any atom is 0.213 e. The van der Waals surface area contributed by atoms with Crippen LogP contribution >= 0.6 is 11.8 Å². The van der Waals surface area contributed by atoms with Crippen molar-refractivity contribution in [1.29, 1.82) is 0 Å². The molecule has 0 aliphatic carbocycles. The molecule has 4 heteroatoms. The summed E-state index contributed by atoms with van der Waals surface area (Å²) in [5, 5.41) is 0. The van der Waals surface area contributed by atoms with Gasteiger partial charge in [-0.2, -0.15) is 4.39 Å². The fourth-order valence-electron chi connectivity index (χ4n) is 1.25. The number of methoxy groups -OCH3 is 1. The largest absolute Gasteiger partial charge is 0.497 e. The first-order valence-corrected chi connectivity index (χ1v) is 5.53. The summed E-state index contributed by atoms with van der Waals surface area (Å²) < 4.78 is 18.0. The summed E-state index contributed by atoms with van der Waals surface area (Å²) in [7, 11) is 1.62. The van der Waals surface area contributed by atoms with Crippen LogP contribution in [0.25, 0.3) is 0 Å². The fourth-order valence-corrected chi connectivity index (χ4v) is 2.13. The summed E-state index contributed by atoms with van der Waals surface area (Å²) in [4.78, 5) is 5.34. The lowest BCUT2D eigenvalue weighted by molar-refractivity contribution is 0.413. The molecule has 0 amide bonds. The summed E-state index contributed by atoms with van der Waals surface area (Å²) in [6.45, 7) is 0. The van der Waals surface area contributed by atoms with E-state index in [1.807, 2.05) is 24.3 Å². The third-order valence-corrected chi connectivity index (χ3v) is 2.95. The maximum absolute atomic E-state index is 12.9. The molecule has 1 heterocycles. The maximum atomic E-state index is 12.9. The van der Waals surface area contributed by atoms with Gasteiger partial charge in [0, 0.05) is 22.1 Å². The highest BCUT2D eigenvalue weighted by Gasteiger charge is 2.00. The van der Waals surface area contributed by atoms with Crippen molar-refractivity contribution in [2.75, 3.05) is 7.11 Å². The Balaban J connectivity index is 2.20. The molecule has 1 aromatic carbocycles. The molecule has 2 aromatic rings. The molecule has 0 aliphatic rings. The van der Waals surface area contributed by atoms with Crippen molar-refractivity contribution >= 4 is 11.8 Å². The van der Waals surface area contributed by atoms with E-state index in [-0.39, 0.29) is 0 Å². The van der Waals surface area contributed by atoms with E-state index in [2.05, 4.69) is 4.98 Å². The van der Waals surface area contributed by atoms with Gasteiger partial charge >= 0.3 is 0 Å². The van der Waals surface area contributed by atoms with Gasteiger partial charge in [0.15, 0.2) is 0 Å². The Hall–Kier alpha value is -1.55. The molecular formula is C12H10FNOS. The molecule has 0 fully saturated rings. The second kappa shape index (κ2) is 4.99. The number of benzene rings is 1. The zero-order valence-corrected chi connectivity index (χ0v) is 9.50. The molecular weight excluding hydrogens is 225 g/mol. The van der Waals surface area contributed by atoms with Crippen LogP contribution in [0.15, 0.2) is 52.4 Å². The van der Waals surface area contributed by atoms with E-state index in [1.54, 1.807) is 13.2 Å². The van der Waals surface area contributed by atoms with E-state index in [4.69, 9.17) is 4.74 Å². The molecule has 0 aliphatic heterocycles. The highest BCUT2D eigenvalue weighted by atomic mass is 32.2. The molecule has 2 rings (SSSR count). The first-order valence-electron chi connectivity index (χ1n) is 4.71. The predicted molar refractivity (Wildman–Crippen MR) is 61.3 cm³/mol. The summed E-state index contributed by atoms with van der Waals surface area (Å²) >= 11 is 1.47. The van der Waals surface area contributed by atoms with Crippen LogP contribution in [0, 0.1) is 5.95 Å². The van der Waals surface area contributed by atoms with Crippen LogP contribution in [0.1, 0.15) is 0 Å². The molecule has 0 N–H and O–H groups in total. The lowest BCUT2D eigenvalue weighted by atomic mass is 10.3. The minimum atomic E-state index is -0.465. The highest BCUT2D eigenvalue weighted by Crippen LogP contribution is 2.29. The number of ether oxygens (including phenoxy) is 1. The Labute approximate surface area is 97.5 Å². The summed E-state index contributed by atoms with van der Waals surface area (Å²) in [6, 6.07) is 10.8. The van der Waals surface area contributed by atoms with Gasteiger partial charge in [-0.3, -0.25) is 0 Å². The number of nitrogens with zero attached hydrogens (tertiary/aromatic N) is 1. The zero-order valence-electron chi connectivity index (χ0n) is 8.68. The zero-order chi connectivity index (χ0) is 11.4. The van der Waals surface area contributed by atoms with Crippen molar-refractivity contribution in [3.63, 3.8) is 0 Å². The molecule has 0 saturated heterocycles. The first kappa shape index (κ1) is 11.0. The Morgan fingerprint density at radius 3 is 2.75 bits per heavy atom. The van der Waals surface area contributed by atoms with Crippen LogP contribution in [-0.4, -0.2) is 12.1 Å². The quantitative estimate of drug-likeness (QED) is 0.761. The lowest BCUT2D eigenvalue weighted by Crippen LogP contribution is -1.83. The van der Waals surface area contributed by atoms with Gasteiger partial charge < -0.3 is 4.74 Å². The normalized spacial score (nSPS) is 10.1. The van der Waals surface area contributed by atoms with E-state index >= 15 is 0 Å². The topological polar surface area (TPSA) is 22.1 Å². The number of halogens is 1. The number of pyridine rings is 1. The molecule has 1 aromatic heterocycles. The lowest BCUT2D eigenvalue weighted by Gasteiger charge is -2.03. The summed E-state index contributed by atoms with van der Waals surface area (Å²) in [6.07, 6.45) is 1.46. The second-order valence-corrected chi connectivity index (χ2v) is 4.24. The Bertz CT molecular complexity index is 490. The Kier molecular flexibility index (Phi) is 3.41. The van der Waals surface area contributed by atoms with Crippen LogP contribution in [0.5, 0.6) is 5.75 Å². The monoisotopic (exact) mass is 235 g/mol. The standard InChI is InChI=1S/C12H10FNOS/c1-15-9-3-2-4-10(7-9)16-11-5-6-14-12(13)8-11/h2-8H,1H3. The SMILES string of the molecule is COc1cccc(Sc2ccnc(F)c2)c1. The van der Waals surface area contributed by atoms with Crippen molar-refractivity contribution in [2.45, 2.75) is 9.79 Å². The minimum Gasteiger partial charge on any atom is -0.497 e. The minimum absolute atomic E-state index is 0.465. The van der Waals surface area contributed by atoms with E-state index in [9.17, 15) is 4.39 Å². The second-order valence-electron chi connectivity index (χ2n) is 3.10. The van der Waals surface area contributed by atoms with Gasteiger partial charge in [0.05, 0.1) is 7.11 Å². The molecule has 0 unspecified atom stereocenters. The number of aromatic nitrogens is 1. The fraction of sp³-hybridized carbons (Fsp3) is 0.0833. The average Bonchev–Trinajstić information content (AvgIpc) is 2.29. The smallest absolute Gasteiger partial charge is 0.213 e. The van der Waals surface area contributed by atoms with Crippen LogP contribution in [0.3, 0.4) is 0 Å². The van der Waals surface area contributed by atoms with E-state index in [0.717, 1.165) is 15.5 Å². The van der Waals surface area contributed by atoms with Gasteiger partial charge in [0.1, 0.15) is 5.75 Å². The number of hydrogen-bond donors (Lipinski definition) is 0. The number of rotatable bonds is 3. The molecule has 2 nitrogen and oxygen atoms in total. The van der Waals surface area contributed by atoms with Crippen LogP contribution < -0.4 is 4.74 Å². The van der Waals surface area contributed by atoms with E-state index in [1.165, 1.54) is 24.0 Å². The van der Waals surface area contributed by atoms with Gasteiger partial charge in [-0.25, -0.2) is 4.98 Å². The van der Waals surface area contributed by atoms with Crippen molar-refractivity contribution in [3.05, 3.63) is 48.5 Å². The van der Waals surface area contributed by atoms with Gasteiger partial charge in [-0.15, -0.1) is 0 Å². The third kappa shape index (κ3) is 2.73. The molecule has 0 bridgehead atoms. The predicted octanol–water partition coefficient (Wildman–Crippen LogP) is 3.38. The third-order valence-electron chi connectivity index (χ3n) is 1.97. The molecule has 82 valence electrons. The van der Waals surface area contributed by atoms with Crippen LogP contribution in [0.4, 0.5) is 4.39 Å². The molecule has 0 atom stereocenters. The Morgan fingerprint density at radius 1 is 1.19 bits per heavy atom. The van der Waals surface area contributed by atoms with Crippen molar-refractivity contribution in [3.8, 4) is 5.75 Å². The van der Waals surface area contributed by atoms with Gasteiger partial charge in [-0.1, -0.05) is 17.8 Å². The molecule has 0 radical (unpaired) electrons. The molecule has 16 heavy (non-hydrogen) atoms. The molecule has 0 saturated carbocycles. The van der Waals surface area contributed by atoms with Gasteiger partial charge in [-0.05, 0) is 24.3 Å².